The van der Waals surface area contributed by atoms with Crippen molar-refractivity contribution < 1.29 is 13.7 Å². The fourth-order valence-electron chi connectivity index (χ4n) is 8.15. The minimum Gasteiger partial charge on any atom is -0.309 e. The highest BCUT2D eigenvalue weighted by atomic mass is 35.5. The monoisotopic (exact) mass is 872 g/mol. The Morgan fingerprint density at radius 3 is 1.23 bits per heavy atom. The Labute approximate surface area is 405 Å². The van der Waals surface area contributed by atoms with Gasteiger partial charge in [0.2, 0.25) is 0 Å². The Balaban J connectivity index is 1.48. The van der Waals surface area contributed by atoms with Crippen molar-refractivity contribution in [2.24, 2.45) is 0 Å². The number of hydrogen-bond donors (Lipinski definition) is 0. The zero-order chi connectivity index (χ0) is 53.8. The van der Waals surface area contributed by atoms with Crippen LogP contribution in [-0.4, -0.2) is 0 Å². The lowest BCUT2D eigenvalue weighted by molar-refractivity contribution is 0.590. The highest BCUT2D eigenvalue weighted by Gasteiger charge is 2.30. The molecule has 9 aromatic rings. The summed E-state index contributed by atoms with van der Waals surface area (Å²) in [6.45, 7) is 12.6. The molecule has 65 heavy (non-hydrogen) atoms. The molecule has 0 amide bonds. The lowest BCUT2D eigenvalue weighted by atomic mass is 9.85. The van der Waals surface area contributed by atoms with Crippen LogP contribution in [0.3, 0.4) is 0 Å². The first-order valence-electron chi connectivity index (χ1n) is 26.7. The quantitative estimate of drug-likeness (QED) is 0.135. The Kier molecular flexibility index (Phi) is 9.08. The van der Waals surface area contributed by atoms with E-state index in [9.17, 15) is 5.48 Å². The lowest BCUT2D eigenvalue weighted by Crippen LogP contribution is -2.20. The van der Waals surface area contributed by atoms with Gasteiger partial charge in [-0.2, -0.15) is 0 Å². The van der Waals surface area contributed by atoms with Crippen LogP contribution in [0, 0.1) is 0 Å². The maximum atomic E-state index is 9.41. The Bertz CT molecular complexity index is 3430. The molecular formula is C62H55ClN2. The average Bonchev–Trinajstić information content (AvgIpc) is 3.41. The second-order valence-corrected chi connectivity index (χ2v) is 18.5. The number of benzene rings is 9. The summed E-state index contributed by atoms with van der Waals surface area (Å²) in [5.41, 5.74) is 8.07. The molecule has 9 aromatic carbocycles. The lowest BCUT2D eigenvalue weighted by Gasteiger charge is -2.36. The van der Waals surface area contributed by atoms with Crippen LogP contribution in [0.15, 0.2) is 224 Å². The summed E-state index contributed by atoms with van der Waals surface area (Å²) in [5, 5.41) is 0.252. The van der Waals surface area contributed by atoms with Gasteiger partial charge in [0.15, 0.2) is 0 Å². The summed E-state index contributed by atoms with van der Waals surface area (Å²) in [5.74, 6) is 0. The molecule has 3 heteroatoms. The van der Waals surface area contributed by atoms with Gasteiger partial charge in [-0.1, -0.05) is 229 Å². The van der Waals surface area contributed by atoms with Crippen LogP contribution in [0.2, 0.25) is 5.02 Å². The van der Waals surface area contributed by atoms with Crippen LogP contribution in [-0.2, 0) is 10.8 Å². The standard InChI is InChI=1S/C62H55ClN2/c1-61(2,3)50-33-21-36-54(41-50)65(60-55(46-27-15-9-16-28-46)37-22-38-56(60)47-29-17-10-18-30-47)58-43-51(62(4,5)6)42-57(59(58)63)64(52-34-19-31-48(39-52)44-23-11-7-12-24-44)53-35-20-32-49(40-53)45-25-13-8-14-26-45/h7-43H,1-6H3/i9D,10D,15D,16D,17D,18D,27D,28D,29D,30D. The highest BCUT2D eigenvalue weighted by Crippen LogP contribution is 2.53. The molecule has 0 N–H and O–H groups in total. The molecule has 9 rings (SSSR count). The summed E-state index contributed by atoms with van der Waals surface area (Å²) in [6.07, 6.45) is 0. The SMILES string of the molecule is [2H]c1c([2H])c([2H])c(-c2cccc(-c3c([2H])c([2H])c([2H])c([2H])c3[2H])c2N(c2cccc(C(C)(C)C)c2)c2cc(C(C)(C)C)cc(N(c3cccc(-c4ccccc4)c3)c3cccc(-c4ccccc4)c3)c2Cl)c([2H])c1[2H]. The third-order valence-corrected chi connectivity index (χ3v) is 12.0. The number of para-hydroxylation sites is 1. The molecule has 0 aliphatic carbocycles. The zero-order valence-electron chi connectivity index (χ0n) is 47.4. The number of hydrogen-bond acceptors (Lipinski definition) is 2. The number of rotatable bonds is 10. The molecule has 0 aliphatic rings. The molecule has 0 fully saturated rings. The van der Waals surface area contributed by atoms with E-state index in [2.05, 4.69) is 101 Å². The normalized spacial score (nSPS) is 13.8. The van der Waals surface area contributed by atoms with E-state index < -0.39 is 71.3 Å². The highest BCUT2D eigenvalue weighted by molar-refractivity contribution is 6.37. The molecular weight excluding hydrogens is 808 g/mol. The van der Waals surface area contributed by atoms with Gasteiger partial charge < -0.3 is 9.80 Å². The van der Waals surface area contributed by atoms with Crippen molar-refractivity contribution in [1.82, 2.24) is 0 Å². The molecule has 0 saturated carbocycles. The summed E-state index contributed by atoms with van der Waals surface area (Å²) >= 11 is 8.23. The molecule has 0 aliphatic heterocycles. The van der Waals surface area contributed by atoms with Crippen LogP contribution in [0.4, 0.5) is 34.1 Å². The first kappa shape index (κ1) is 32.5. The third kappa shape index (κ3) is 9.14. The van der Waals surface area contributed by atoms with Crippen LogP contribution in [0.5, 0.6) is 0 Å². The van der Waals surface area contributed by atoms with Crippen molar-refractivity contribution in [2.45, 2.75) is 52.4 Å². The maximum Gasteiger partial charge on any atom is 0.0887 e. The average molecular weight is 874 g/mol. The fourth-order valence-corrected chi connectivity index (χ4v) is 8.43. The van der Waals surface area contributed by atoms with Gasteiger partial charge in [-0.05, 0) is 104 Å². The fraction of sp³-hybridized carbons (Fsp3) is 0.129. The summed E-state index contributed by atoms with van der Waals surface area (Å²) in [6, 6.07) is 48.2. The Morgan fingerprint density at radius 2 is 0.769 bits per heavy atom. The number of halogens is 1. The van der Waals surface area contributed by atoms with Gasteiger partial charge in [0.25, 0.3) is 0 Å². The molecule has 320 valence electrons. The van der Waals surface area contributed by atoms with E-state index in [4.69, 9.17) is 19.8 Å². The molecule has 0 spiro atoms. The molecule has 0 aromatic heterocycles. The maximum absolute atomic E-state index is 9.41. The topological polar surface area (TPSA) is 6.48 Å². The molecule has 0 heterocycles. The minimum atomic E-state index is -0.579. The largest absolute Gasteiger partial charge is 0.309 e. The molecule has 0 bridgehead atoms. The first-order chi connectivity index (χ1) is 35.6. The van der Waals surface area contributed by atoms with Gasteiger partial charge in [-0.15, -0.1) is 0 Å². The van der Waals surface area contributed by atoms with Gasteiger partial charge in [0.05, 0.1) is 35.8 Å². The molecule has 0 saturated heterocycles. The van der Waals surface area contributed by atoms with Crippen LogP contribution in [0.25, 0.3) is 44.5 Å². The van der Waals surface area contributed by atoms with Gasteiger partial charge in [0.1, 0.15) is 0 Å². The summed E-state index contributed by atoms with van der Waals surface area (Å²) < 4.78 is 90.3. The number of nitrogens with zero attached hydrogens (tertiary/aromatic N) is 2. The predicted octanol–water partition coefficient (Wildman–Crippen LogP) is 18.5. The van der Waals surface area contributed by atoms with Crippen molar-refractivity contribution in [1.29, 1.82) is 0 Å². The second kappa shape index (κ2) is 18.2. The predicted molar refractivity (Wildman–Crippen MR) is 280 cm³/mol. The van der Waals surface area contributed by atoms with Crippen molar-refractivity contribution in [2.75, 3.05) is 9.80 Å². The van der Waals surface area contributed by atoms with E-state index in [-0.39, 0.29) is 33.0 Å². The van der Waals surface area contributed by atoms with E-state index in [1.807, 2.05) is 95.9 Å². The number of anilines is 6. The van der Waals surface area contributed by atoms with Crippen LogP contribution in [0.1, 0.15) is 66.4 Å². The third-order valence-electron chi connectivity index (χ3n) is 11.6. The van der Waals surface area contributed by atoms with E-state index in [1.54, 1.807) is 18.2 Å². The van der Waals surface area contributed by atoms with Gasteiger partial charge in [0, 0.05) is 28.2 Å². The Hall–Kier alpha value is -7.13. The van der Waals surface area contributed by atoms with Crippen molar-refractivity contribution in [3.05, 3.63) is 240 Å². The van der Waals surface area contributed by atoms with E-state index in [0.29, 0.717) is 17.1 Å². The van der Waals surface area contributed by atoms with E-state index >= 15 is 0 Å². The Morgan fingerprint density at radius 1 is 0.369 bits per heavy atom. The second-order valence-electron chi connectivity index (χ2n) is 18.1. The van der Waals surface area contributed by atoms with Crippen LogP contribution >= 0.6 is 11.6 Å². The van der Waals surface area contributed by atoms with Crippen molar-refractivity contribution in [3.8, 4) is 44.5 Å². The van der Waals surface area contributed by atoms with Crippen molar-refractivity contribution >= 4 is 45.7 Å². The van der Waals surface area contributed by atoms with E-state index in [0.717, 1.165) is 44.8 Å². The molecule has 0 atom stereocenters. The molecule has 0 unspecified atom stereocenters. The molecule has 0 radical (unpaired) electrons. The molecule has 2 nitrogen and oxygen atoms in total. The minimum absolute atomic E-state index is 0.138. The van der Waals surface area contributed by atoms with E-state index in [1.165, 1.54) is 0 Å². The first-order valence-corrected chi connectivity index (χ1v) is 22.1. The smallest absolute Gasteiger partial charge is 0.0887 e. The van der Waals surface area contributed by atoms with Gasteiger partial charge >= 0.3 is 0 Å². The zero-order valence-corrected chi connectivity index (χ0v) is 38.1. The van der Waals surface area contributed by atoms with Gasteiger partial charge in [-0.3, -0.25) is 0 Å². The van der Waals surface area contributed by atoms with Gasteiger partial charge in [-0.25, -0.2) is 0 Å². The van der Waals surface area contributed by atoms with Crippen LogP contribution < -0.4 is 9.80 Å². The summed E-state index contributed by atoms with van der Waals surface area (Å²) in [7, 11) is 0. The van der Waals surface area contributed by atoms with Crippen molar-refractivity contribution in [3.63, 3.8) is 0 Å². The summed E-state index contributed by atoms with van der Waals surface area (Å²) in [4.78, 5) is 3.99.